The van der Waals surface area contributed by atoms with Gasteiger partial charge in [-0.15, -0.1) is 0 Å². The van der Waals surface area contributed by atoms with Gasteiger partial charge in [0.05, 0.1) is 10.1 Å². The van der Waals surface area contributed by atoms with Gasteiger partial charge in [0.25, 0.3) is 5.56 Å². The summed E-state index contributed by atoms with van der Waals surface area (Å²) in [5.74, 6) is 0.734. The molecular formula is C10H11IN4O. The predicted molar refractivity (Wildman–Crippen MR) is 68.2 cm³/mol. The molecule has 2 heterocycles. The van der Waals surface area contributed by atoms with E-state index in [1.807, 2.05) is 41.8 Å². The minimum atomic E-state index is 0.0141. The molecule has 0 amide bonds. The molecule has 6 heteroatoms. The van der Waals surface area contributed by atoms with Crippen LogP contribution >= 0.6 is 22.6 Å². The molecule has 0 aliphatic rings. The van der Waals surface area contributed by atoms with Crippen molar-refractivity contribution >= 4 is 22.6 Å². The normalized spacial score (nSPS) is 10.6. The summed E-state index contributed by atoms with van der Waals surface area (Å²) in [5, 5.41) is 4.09. The third-order valence-electron chi connectivity index (χ3n) is 2.32. The van der Waals surface area contributed by atoms with Crippen LogP contribution in [-0.2, 0) is 13.1 Å². The van der Waals surface area contributed by atoms with Crippen molar-refractivity contribution in [1.29, 1.82) is 0 Å². The summed E-state index contributed by atoms with van der Waals surface area (Å²) in [6.07, 6.45) is 5.20. The van der Waals surface area contributed by atoms with E-state index in [2.05, 4.69) is 10.1 Å². The standard InChI is InChI=1S/C10H11IN4O/c1-8-12-7-9(11)10(16)15(8)6-5-14-4-2-3-13-14/h2-4,7H,5-6H2,1H3. The Labute approximate surface area is 106 Å². The maximum atomic E-state index is 11.8. The third kappa shape index (κ3) is 2.31. The number of rotatable bonds is 3. The first-order valence-electron chi connectivity index (χ1n) is 4.88. The van der Waals surface area contributed by atoms with Gasteiger partial charge < -0.3 is 0 Å². The largest absolute Gasteiger partial charge is 0.294 e. The van der Waals surface area contributed by atoms with Crippen LogP contribution in [0.4, 0.5) is 0 Å². The van der Waals surface area contributed by atoms with E-state index in [-0.39, 0.29) is 5.56 Å². The lowest BCUT2D eigenvalue weighted by atomic mass is 10.5. The van der Waals surface area contributed by atoms with Crippen LogP contribution < -0.4 is 5.56 Å². The fourth-order valence-electron chi connectivity index (χ4n) is 1.45. The highest BCUT2D eigenvalue weighted by Gasteiger charge is 2.04. The van der Waals surface area contributed by atoms with Crippen LogP contribution in [0.2, 0.25) is 0 Å². The van der Waals surface area contributed by atoms with Gasteiger partial charge in [-0.3, -0.25) is 14.0 Å². The van der Waals surface area contributed by atoms with Crippen molar-refractivity contribution in [3.63, 3.8) is 0 Å². The highest BCUT2D eigenvalue weighted by atomic mass is 127. The highest BCUT2D eigenvalue weighted by molar-refractivity contribution is 14.1. The van der Waals surface area contributed by atoms with Crippen molar-refractivity contribution in [2.45, 2.75) is 20.0 Å². The Hall–Kier alpha value is -1.18. The lowest BCUT2D eigenvalue weighted by Gasteiger charge is -2.09. The summed E-state index contributed by atoms with van der Waals surface area (Å²) in [5.41, 5.74) is 0.0141. The number of aryl methyl sites for hydroxylation is 2. The van der Waals surface area contributed by atoms with Gasteiger partial charge in [-0.25, -0.2) is 4.98 Å². The Balaban J connectivity index is 2.21. The molecule has 5 nitrogen and oxygen atoms in total. The summed E-state index contributed by atoms with van der Waals surface area (Å²) in [4.78, 5) is 16.0. The molecule has 0 saturated heterocycles. The van der Waals surface area contributed by atoms with Crippen molar-refractivity contribution in [3.05, 3.63) is 44.4 Å². The van der Waals surface area contributed by atoms with Crippen LogP contribution in [0.1, 0.15) is 5.82 Å². The van der Waals surface area contributed by atoms with Crippen molar-refractivity contribution in [2.24, 2.45) is 0 Å². The van der Waals surface area contributed by atoms with Gasteiger partial charge in [0.15, 0.2) is 0 Å². The lowest BCUT2D eigenvalue weighted by molar-refractivity contribution is 0.508. The van der Waals surface area contributed by atoms with E-state index in [4.69, 9.17) is 0 Å². The van der Waals surface area contributed by atoms with Gasteiger partial charge in [0.1, 0.15) is 5.82 Å². The summed E-state index contributed by atoms with van der Waals surface area (Å²) >= 11 is 2.00. The topological polar surface area (TPSA) is 52.7 Å². The zero-order chi connectivity index (χ0) is 11.5. The van der Waals surface area contributed by atoms with Crippen LogP contribution in [-0.4, -0.2) is 19.3 Å². The molecule has 0 aromatic carbocycles. The Morgan fingerprint density at radius 3 is 2.94 bits per heavy atom. The van der Waals surface area contributed by atoms with E-state index in [1.54, 1.807) is 21.6 Å². The van der Waals surface area contributed by atoms with Crippen molar-refractivity contribution < 1.29 is 0 Å². The molecule has 2 aromatic heterocycles. The molecule has 0 unspecified atom stereocenters. The highest BCUT2D eigenvalue weighted by Crippen LogP contribution is 1.98. The Morgan fingerprint density at radius 1 is 1.44 bits per heavy atom. The van der Waals surface area contributed by atoms with E-state index in [0.29, 0.717) is 16.7 Å². The van der Waals surface area contributed by atoms with Gasteiger partial charge in [-0.05, 0) is 35.6 Å². The summed E-state index contributed by atoms with van der Waals surface area (Å²) in [6.45, 7) is 3.10. The number of aromatic nitrogens is 4. The second kappa shape index (κ2) is 4.77. The van der Waals surface area contributed by atoms with Gasteiger partial charge in [0, 0.05) is 25.1 Å². The van der Waals surface area contributed by atoms with E-state index in [9.17, 15) is 4.79 Å². The molecule has 16 heavy (non-hydrogen) atoms. The molecule has 0 atom stereocenters. The first-order chi connectivity index (χ1) is 7.68. The quantitative estimate of drug-likeness (QED) is 0.791. The summed E-state index contributed by atoms with van der Waals surface area (Å²) < 4.78 is 4.11. The molecule has 0 fully saturated rings. The molecule has 0 aliphatic heterocycles. The summed E-state index contributed by atoms with van der Waals surface area (Å²) in [7, 11) is 0. The number of halogens is 1. The predicted octanol–water partition coefficient (Wildman–Crippen LogP) is 1.05. The number of hydrogen-bond donors (Lipinski definition) is 0. The first kappa shape index (κ1) is 11.3. The van der Waals surface area contributed by atoms with Gasteiger partial charge in [-0.1, -0.05) is 0 Å². The Bertz CT molecular complexity index is 532. The number of hydrogen-bond acceptors (Lipinski definition) is 3. The zero-order valence-electron chi connectivity index (χ0n) is 8.80. The summed E-state index contributed by atoms with van der Waals surface area (Å²) in [6, 6.07) is 1.86. The molecule has 0 saturated carbocycles. The van der Waals surface area contributed by atoms with E-state index in [1.165, 1.54) is 0 Å². The molecule has 2 aromatic rings. The monoisotopic (exact) mass is 330 g/mol. The lowest BCUT2D eigenvalue weighted by Crippen LogP contribution is -2.27. The van der Waals surface area contributed by atoms with Gasteiger partial charge in [0.2, 0.25) is 0 Å². The fourth-order valence-corrected chi connectivity index (χ4v) is 1.88. The molecule has 84 valence electrons. The van der Waals surface area contributed by atoms with E-state index >= 15 is 0 Å². The van der Waals surface area contributed by atoms with Crippen LogP contribution in [0.5, 0.6) is 0 Å². The van der Waals surface area contributed by atoms with Crippen LogP contribution in [0.3, 0.4) is 0 Å². The molecule has 0 aliphatic carbocycles. The average Bonchev–Trinajstić information content (AvgIpc) is 2.77. The average molecular weight is 330 g/mol. The molecular weight excluding hydrogens is 319 g/mol. The molecule has 0 spiro atoms. The molecule has 0 N–H and O–H groups in total. The van der Waals surface area contributed by atoms with E-state index in [0.717, 1.165) is 5.82 Å². The van der Waals surface area contributed by atoms with Gasteiger partial charge >= 0.3 is 0 Å². The maximum absolute atomic E-state index is 11.8. The third-order valence-corrected chi connectivity index (χ3v) is 3.06. The van der Waals surface area contributed by atoms with Crippen molar-refractivity contribution in [1.82, 2.24) is 19.3 Å². The maximum Gasteiger partial charge on any atom is 0.266 e. The molecule has 2 rings (SSSR count). The van der Waals surface area contributed by atoms with Gasteiger partial charge in [-0.2, -0.15) is 5.10 Å². The van der Waals surface area contributed by atoms with Crippen molar-refractivity contribution in [2.75, 3.05) is 0 Å². The van der Waals surface area contributed by atoms with E-state index < -0.39 is 0 Å². The van der Waals surface area contributed by atoms with Crippen LogP contribution in [0, 0.1) is 10.5 Å². The second-order valence-corrected chi connectivity index (χ2v) is 4.54. The minimum absolute atomic E-state index is 0.0141. The second-order valence-electron chi connectivity index (χ2n) is 3.38. The van der Waals surface area contributed by atoms with Crippen LogP contribution in [0.25, 0.3) is 0 Å². The Kier molecular flexibility index (Phi) is 3.37. The Morgan fingerprint density at radius 2 is 2.25 bits per heavy atom. The zero-order valence-corrected chi connectivity index (χ0v) is 11.0. The smallest absolute Gasteiger partial charge is 0.266 e. The minimum Gasteiger partial charge on any atom is -0.294 e. The van der Waals surface area contributed by atoms with Crippen LogP contribution in [0.15, 0.2) is 29.5 Å². The first-order valence-corrected chi connectivity index (χ1v) is 5.96. The molecule has 0 radical (unpaired) electrons. The molecule has 0 bridgehead atoms. The fraction of sp³-hybridized carbons (Fsp3) is 0.300. The van der Waals surface area contributed by atoms with Crippen molar-refractivity contribution in [3.8, 4) is 0 Å². The number of nitrogens with zero attached hydrogens (tertiary/aromatic N) is 4. The SMILES string of the molecule is Cc1ncc(I)c(=O)n1CCn1cccn1.